The Labute approximate surface area is 129 Å². The van der Waals surface area contributed by atoms with Crippen LogP contribution in [-0.4, -0.2) is 12.4 Å². The summed E-state index contributed by atoms with van der Waals surface area (Å²) in [4.78, 5) is 0. The molecule has 0 saturated carbocycles. The third-order valence-electron chi connectivity index (χ3n) is 3.23. The fourth-order valence-corrected chi connectivity index (χ4v) is 2.87. The van der Waals surface area contributed by atoms with Gasteiger partial charge in [0.15, 0.2) is 0 Å². The Morgan fingerprint density at radius 1 is 1.00 bits per heavy atom. The van der Waals surface area contributed by atoms with Gasteiger partial charge < -0.3 is 4.74 Å². The lowest BCUT2D eigenvalue weighted by Crippen LogP contribution is -2.24. The van der Waals surface area contributed by atoms with Gasteiger partial charge in [-0.25, -0.2) is 0 Å². The van der Waals surface area contributed by atoms with Crippen LogP contribution in [0.3, 0.4) is 0 Å². The average Bonchev–Trinajstić information content (AvgIpc) is 2.32. The maximum Gasteiger partial charge on any atom is 0.119 e. The van der Waals surface area contributed by atoms with Crippen molar-refractivity contribution < 1.29 is 4.74 Å². The summed E-state index contributed by atoms with van der Waals surface area (Å²) in [5.74, 6) is 1.67. The van der Waals surface area contributed by atoms with Crippen LogP contribution in [0.15, 0.2) is 36.4 Å². The van der Waals surface area contributed by atoms with Crippen LogP contribution in [-0.2, 0) is 5.41 Å². The Morgan fingerprint density at radius 2 is 1.60 bits per heavy atom. The molecule has 0 bridgehead atoms. The van der Waals surface area contributed by atoms with Gasteiger partial charge >= 0.3 is 0 Å². The lowest BCUT2D eigenvalue weighted by atomic mass is 9.72. The number of benzene rings is 1. The van der Waals surface area contributed by atoms with E-state index < -0.39 is 0 Å². The molecule has 0 radical (unpaired) electrons. The van der Waals surface area contributed by atoms with Gasteiger partial charge in [0.1, 0.15) is 12.4 Å². The van der Waals surface area contributed by atoms with E-state index in [1.54, 1.807) is 0 Å². The second kappa shape index (κ2) is 7.21. The molecule has 2 heteroatoms. The van der Waals surface area contributed by atoms with E-state index in [4.69, 9.17) is 4.74 Å². The van der Waals surface area contributed by atoms with E-state index in [1.165, 1.54) is 5.56 Å². The van der Waals surface area contributed by atoms with Crippen molar-refractivity contribution in [1.82, 2.24) is 0 Å². The zero-order chi connectivity index (χ0) is 15.2. The molecule has 1 aromatic rings. The summed E-state index contributed by atoms with van der Waals surface area (Å²) in [6.07, 6.45) is 5.14. The van der Waals surface area contributed by atoms with Crippen molar-refractivity contribution in [1.29, 1.82) is 0 Å². The van der Waals surface area contributed by atoms with Crippen molar-refractivity contribution in [3.05, 3.63) is 42.0 Å². The van der Waals surface area contributed by atoms with Crippen molar-refractivity contribution in [2.75, 3.05) is 12.4 Å². The number of thiol groups is 1. The number of hydrogen-bond donors (Lipinski definition) is 1. The zero-order valence-corrected chi connectivity index (χ0v) is 14.3. The van der Waals surface area contributed by atoms with Gasteiger partial charge in [0.05, 0.1) is 0 Å². The smallest absolute Gasteiger partial charge is 0.119 e. The zero-order valence-electron chi connectivity index (χ0n) is 13.4. The topological polar surface area (TPSA) is 9.23 Å². The number of ether oxygens (including phenoxy) is 1. The molecule has 0 aliphatic heterocycles. The fraction of sp³-hybridized carbons (Fsp3) is 0.556. The highest BCUT2D eigenvalue weighted by atomic mass is 32.1. The van der Waals surface area contributed by atoms with E-state index in [0.29, 0.717) is 12.0 Å². The van der Waals surface area contributed by atoms with E-state index in [1.807, 2.05) is 12.2 Å². The van der Waals surface area contributed by atoms with Crippen LogP contribution in [0.1, 0.15) is 46.6 Å². The van der Waals surface area contributed by atoms with Gasteiger partial charge in [0.2, 0.25) is 0 Å². The summed E-state index contributed by atoms with van der Waals surface area (Å²) in [7, 11) is 0. The summed E-state index contributed by atoms with van der Waals surface area (Å²) in [5, 5.41) is 0. The van der Waals surface area contributed by atoms with E-state index in [0.717, 1.165) is 17.9 Å². The third-order valence-corrected chi connectivity index (χ3v) is 3.44. The molecule has 0 aromatic heterocycles. The van der Waals surface area contributed by atoms with Crippen LogP contribution in [0.2, 0.25) is 0 Å². The molecule has 0 aliphatic rings. The quantitative estimate of drug-likeness (QED) is 0.555. The van der Waals surface area contributed by atoms with Crippen LogP contribution < -0.4 is 4.74 Å². The standard InChI is InChI=1S/C18H28OS/c1-17(2,3)14-18(4,5)15-8-10-16(11-9-15)19-12-6-7-13-20/h6-11,20H,12-14H2,1-5H3/b7-6+. The minimum atomic E-state index is 0.183. The molecule has 0 aliphatic carbocycles. The van der Waals surface area contributed by atoms with Gasteiger partial charge in [-0.15, -0.1) is 0 Å². The molecule has 0 N–H and O–H groups in total. The fourth-order valence-electron chi connectivity index (χ4n) is 2.72. The molecule has 0 atom stereocenters. The molecule has 112 valence electrons. The van der Waals surface area contributed by atoms with Crippen LogP contribution in [0.4, 0.5) is 0 Å². The molecule has 1 rings (SSSR count). The SMILES string of the molecule is CC(C)(C)CC(C)(C)c1ccc(OC/C=C/CS)cc1. The molecule has 0 unspecified atom stereocenters. The predicted octanol–water partition coefficient (Wildman–Crippen LogP) is 5.27. The summed E-state index contributed by atoms with van der Waals surface area (Å²) in [6.45, 7) is 12.1. The van der Waals surface area contributed by atoms with Crippen molar-refractivity contribution >= 4 is 12.6 Å². The van der Waals surface area contributed by atoms with Crippen molar-refractivity contribution in [3.8, 4) is 5.75 Å². The molecule has 0 spiro atoms. The lowest BCUT2D eigenvalue weighted by molar-refractivity contribution is 0.284. The maximum absolute atomic E-state index is 5.66. The number of rotatable bonds is 6. The monoisotopic (exact) mass is 292 g/mol. The Hall–Kier alpha value is -0.890. The first-order valence-corrected chi connectivity index (χ1v) is 7.87. The minimum absolute atomic E-state index is 0.183. The van der Waals surface area contributed by atoms with Crippen LogP contribution in [0, 0.1) is 5.41 Å². The summed E-state index contributed by atoms with van der Waals surface area (Å²) >= 11 is 4.12. The van der Waals surface area contributed by atoms with Crippen molar-refractivity contribution in [3.63, 3.8) is 0 Å². The van der Waals surface area contributed by atoms with Crippen molar-refractivity contribution in [2.45, 2.75) is 46.5 Å². The molecule has 20 heavy (non-hydrogen) atoms. The van der Waals surface area contributed by atoms with E-state index >= 15 is 0 Å². The first kappa shape index (κ1) is 17.2. The van der Waals surface area contributed by atoms with Crippen molar-refractivity contribution in [2.24, 2.45) is 5.41 Å². The van der Waals surface area contributed by atoms with Gasteiger partial charge in [-0.2, -0.15) is 12.6 Å². The van der Waals surface area contributed by atoms with Crippen LogP contribution in [0.5, 0.6) is 5.75 Å². The molecule has 1 aromatic carbocycles. The van der Waals surface area contributed by atoms with Gasteiger partial charge in [-0.1, -0.05) is 58.9 Å². The number of hydrogen-bond acceptors (Lipinski definition) is 2. The third kappa shape index (κ3) is 6.04. The first-order chi connectivity index (χ1) is 9.24. The van der Waals surface area contributed by atoms with E-state index in [-0.39, 0.29) is 5.41 Å². The lowest BCUT2D eigenvalue weighted by Gasteiger charge is -2.33. The Kier molecular flexibility index (Phi) is 6.19. The Morgan fingerprint density at radius 3 is 2.10 bits per heavy atom. The van der Waals surface area contributed by atoms with Gasteiger partial charge in [0.25, 0.3) is 0 Å². The predicted molar refractivity (Wildman–Crippen MR) is 92.0 cm³/mol. The highest BCUT2D eigenvalue weighted by Crippen LogP contribution is 2.36. The van der Waals surface area contributed by atoms with Crippen LogP contribution >= 0.6 is 12.6 Å². The van der Waals surface area contributed by atoms with Gasteiger partial charge in [-0.3, -0.25) is 0 Å². The minimum Gasteiger partial charge on any atom is -0.490 e. The Bertz CT molecular complexity index is 424. The molecule has 0 heterocycles. The highest BCUT2D eigenvalue weighted by Gasteiger charge is 2.27. The van der Waals surface area contributed by atoms with Gasteiger partial charge in [-0.05, 0) is 34.9 Å². The second-order valence-corrected chi connectivity index (χ2v) is 7.48. The first-order valence-electron chi connectivity index (χ1n) is 7.24. The van der Waals surface area contributed by atoms with Gasteiger partial charge in [0, 0.05) is 5.75 Å². The normalized spacial score (nSPS) is 12.9. The summed E-state index contributed by atoms with van der Waals surface area (Å²) in [5.41, 5.74) is 1.88. The van der Waals surface area contributed by atoms with E-state index in [2.05, 4.69) is 71.5 Å². The Balaban J connectivity index is 2.68. The molecular formula is C18H28OS. The van der Waals surface area contributed by atoms with Crippen LogP contribution in [0.25, 0.3) is 0 Å². The molecular weight excluding hydrogens is 264 g/mol. The molecule has 1 nitrogen and oxygen atoms in total. The molecule has 0 amide bonds. The molecule has 0 fully saturated rings. The summed E-state index contributed by atoms with van der Waals surface area (Å²) < 4.78 is 5.66. The maximum atomic E-state index is 5.66. The largest absolute Gasteiger partial charge is 0.490 e. The average molecular weight is 292 g/mol. The highest BCUT2D eigenvalue weighted by molar-refractivity contribution is 7.80. The summed E-state index contributed by atoms with van der Waals surface area (Å²) in [6, 6.07) is 8.50. The second-order valence-electron chi connectivity index (χ2n) is 7.11. The van der Waals surface area contributed by atoms with E-state index in [9.17, 15) is 0 Å². The molecule has 0 saturated heterocycles.